The third-order valence-corrected chi connectivity index (χ3v) is 4.94. The first-order valence-electron chi connectivity index (χ1n) is 8.11. The number of benzene rings is 1. The highest BCUT2D eigenvalue weighted by Crippen LogP contribution is 2.35. The van der Waals surface area contributed by atoms with Gasteiger partial charge in [-0.1, -0.05) is 37.0 Å². The minimum atomic E-state index is 0.590. The third kappa shape index (κ3) is 2.94. The fourth-order valence-corrected chi connectivity index (χ4v) is 3.47. The quantitative estimate of drug-likeness (QED) is 0.610. The zero-order chi connectivity index (χ0) is 17.4. The lowest BCUT2D eigenvalue weighted by molar-refractivity contribution is 0.295. The molecule has 0 saturated heterocycles. The zero-order valence-electron chi connectivity index (χ0n) is 14.4. The average Bonchev–Trinajstić information content (AvgIpc) is 3.00. The van der Waals surface area contributed by atoms with Crippen LogP contribution in [0.1, 0.15) is 30.9 Å². The van der Waals surface area contributed by atoms with Crippen LogP contribution in [0, 0.1) is 13.8 Å². The van der Waals surface area contributed by atoms with Gasteiger partial charge in [0.1, 0.15) is 11.5 Å². The van der Waals surface area contributed by atoms with Crippen molar-refractivity contribution in [3.63, 3.8) is 0 Å². The van der Waals surface area contributed by atoms with Gasteiger partial charge in [-0.25, -0.2) is 0 Å². The molecule has 0 atom stereocenters. The van der Waals surface area contributed by atoms with Gasteiger partial charge in [0.25, 0.3) is 0 Å². The molecule has 2 heterocycles. The largest absolute Gasteiger partial charge is 0.441 e. The first-order valence-corrected chi connectivity index (χ1v) is 8.87. The Morgan fingerprint density at radius 2 is 1.88 bits per heavy atom. The predicted molar refractivity (Wildman–Crippen MR) is 99.0 cm³/mol. The molecule has 6 heteroatoms. The molecule has 3 aromatic rings. The van der Waals surface area contributed by atoms with E-state index in [1.165, 1.54) is 0 Å². The lowest BCUT2D eigenvalue weighted by Gasteiger charge is -2.16. The van der Waals surface area contributed by atoms with Crippen LogP contribution < -0.4 is 0 Å². The van der Waals surface area contributed by atoms with E-state index < -0.39 is 0 Å². The van der Waals surface area contributed by atoms with Crippen molar-refractivity contribution in [2.75, 3.05) is 13.1 Å². The summed E-state index contributed by atoms with van der Waals surface area (Å²) in [5.74, 6) is 0.794. The summed E-state index contributed by atoms with van der Waals surface area (Å²) < 4.78 is 7.92. The average molecular weight is 366 g/mol. The van der Waals surface area contributed by atoms with Crippen molar-refractivity contribution in [1.82, 2.24) is 14.5 Å². The van der Waals surface area contributed by atoms with Crippen molar-refractivity contribution < 1.29 is 4.42 Å². The van der Waals surface area contributed by atoms with Crippen molar-refractivity contribution >= 4 is 28.9 Å². The number of nitrogens with zero attached hydrogens (tertiary/aromatic N) is 3. The maximum absolute atomic E-state index is 6.39. The highest BCUT2D eigenvalue weighted by molar-refractivity contribution is 6.36. The number of hydrogen-bond acceptors (Lipinski definition) is 3. The van der Waals surface area contributed by atoms with Crippen LogP contribution in [0.3, 0.4) is 0 Å². The summed E-state index contributed by atoms with van der Waals surface area (Å²) in [6, 6.07) is 5.47. The van der Waals surface area contributed by atoms with E-state index in [4.69, 9.17) is 32.7 Å². The summed E-state index contributed by atoms with van der Waals surface area (Å²) in [5.41, 5.74) is 4.64. The van der Waals surface area contributed by atoms with E-state index in [-0.39, 0.29) is 0 Å². The van der Waals surface area contributed by atoms with Crippen LogP contribution in [0.5, 0.6) is 0 Å². The molecular weight excluding hydrogens is 345 g/mol. The lowest BCUT2D eigenvalue weighted by atomic mass is 10.1. The molecule has 0 fully saturated rings. The topological polar surface area (TPSA) is 33.7 Å². The van der Waals surface area contributed by atoms with E-state index in [0.29, 0.717) is 10.0 Å². The fraction of sp³-hybridized carbons (Fsp3) is 0.389. The molecule has 4 nitrogen and oxygen atoms in total. The molecule has 0 aliphatic carbocycles. The van der Waals surface area contributed by atoms with E-state index >= 15 is 0 Å². The SMILES string of the molecule is CCN(CC)Cc1c(C)nn2c(-c3ccc(Cl)cc3Cl)c(C)oc12. The van der Waals surface area contributed by atoms with Crippen LogP contribution >= 0.6 is 23.2 Å². The smallest absolute Gasteiger partial charge is 0.227 e. The van der Waals surface area contributed by atoms with Crippen LogP contribution in [-0.2, 0) is 6.54 Å². The maximum Gasteiger partial charge on any atom is 0.227 e. The molecular formula is C18H21Cl2N3O. The van der Waals surface area contributed by atoms with E-state index in [1.54, 1.807) is 6.07 Å². The molecule has 1 aromatic carbocycles. The summed E-state index contributed by atoms with van der Waals surface area (Å²) in [6.45, 7) is 11.1. The Morgan fingerprint density at radius 1 is 1.17 bits per heavy atom. The van der Waals surface area contributed by atoms with Gasteiger partial charge in [0.2, 0.25) is 5.71 Å². The van der Waals surface area contributed by atoms with E-state index in [1.807, 2.05) is 30.5 Å². The normalized spacial score (nSPS) is 11.8. The molecule has 2 aromatic heterocycles. The fourth-order valence-electron chi connectivity index (χ4n) is 2.98. The summed E-state index contributed by atoms with van der Waals surface area (Å²) >= 11 is 12.4. The van der Waals surface area contributed by atoms with Crippen molar-refractivity contribution in [1.29, 1.82) is 0 Å². The van der Waals surface area contributed by atoms with Gasteiger partial charge < -0.3 is 4.42 Å². The molecule has 0 radical (unpaired) electrons. The first kappa shape index (κ1) is 17.3. The highest BCUT2D eigenvalue weighted by Gasteiger charge is 2.22. The second kappa shape index (κ2) is 6.79. The number of hydrogen-bond donors (Lipinski definition) is 0. The molecule has 3 rings (SSSR count). The molecule has 128 valence electrons. The van der Waals surface area contributed by atoms with Crippen LogP contribution in [-0.4, -0.2) is 27.6 Å². The lowest BCUT2D eigenvalue weighted by Crippen LogP contribution is -2.22. The number of fused-ring (bicyclic) bond motifs is 1. The maximum atomic E-state index is 6.39. The van der Waals surface area contributed by atoms with Crippen LogP contribution in [0.25, 0.3) is 17.0 Å². The number of halogens is 2. The molecule has 0 bridgehead atoms. The Bertz CT molecular complexity index is 878. The Labute approximate surface area is 152 Å². The van der Waals surface area contributed by atoms with Gasteiger partial charge in [-0.15, -0.1) is 0 Å². The zero-order valence-corrected chi connectivity index (χ0v) is 15.9. The molecule has 24 heavy (non-hydrogen) atoms. The van der Waals surface area contributed by atoms with Crippen molar-refractivity contribution in [2.45, 2.75) is 34.2 Å². The molecule has 0 N–H and O–H groups in total. The number of oxazole rings is 1. The van der Waals surface area contributed by atoms with Gasteiger partial charge >= 0.3 is 0 Å². The molecule has 0 aliphatic rings. The third-order valence-electron chi connectivity index (χ3n) is 4.39. The minimum Gasteiger partial charge on any atom is -0.441 e. The van der Waals surface area contributed by atoms with Gasteiger partial charge in [-0.3, -0.25) is 4.90 Å². The molecule has 0 aliphatic heterocycles. The van der Waals surface area contributed by atoms with Crippen LogP contribution in [0.15, 0.2) is 22.6 Å². The van der Waals surface area contributed by atoms with Gasteiger partial charge in [0.15, 0.2) is 0 Å². The Hall–Kier alpha value is -1.49. The first-order chi connectivity index (χ1) is 11.5. The Morgan fingerprint density at radius 3 is 2.50 bits per heavy atom. The number of aryl methyl sites for hydroxylation is 2. The number of rotatable bonds is 5. The molecule has 0 unspecified atom stereocenters. The Balaban J connectivity index is 2.16. The second-order valence-electron chi connectivity index (χ2n) is 5.87. The van der Waals surface area contributed by atoms with Gasteiger partial charge in [-0.05, 0) is 45.1 Å². The molecule has 0 spiro atoms. The molecule has 0 saturated carbocycles. The van der Waals surface area contributed by atoms with Gasteiger partial charge in [0.05, 0.1) is 16.3 Å². The van der Waals surface area contributed by atoms with Crippen molar-refractivity contribution in [3.05, 3.63) is 45.3 Å². The van der Waals surface area contributed by atoms with Crippen LogP contribution in [0.4, 0.5) is 0 Å². The summed E-state index contributed by atoms with van der Waals surface area (Å²) in [5, 5.41) is 5.90. The summed E-state index contributed by atoms with van der Waals surface area (Å²) in [4.78, 5) is 2.34. The van der Waals surface area contributed by atoms with Crippen molar-refractivity contribution in [3.8, 4) is 11.3 Å². The molecule has 0 amide bonds. The minimum absolute atomic E-state index is 0.590. The summed E-state index contributed by atoms with van der Waals surface area (Å²) in [6.07, 6.45) is 0. The van der Waals surface area contributed by atoms with Gasteiger partial charge in [-0.2, -0.15) is 9.61 Å². The summed E-state index contributed by atoms with van der Waals surface area (Å²) in [7, 11) is 0. The Kier molecular flexibility index (Phi) is 4.90. The standard InChI is InChI=1S/C18H21Cl2N3O/c1-5-22(6-2)10-15-11(3)21-23-17(12(4)24-18(15)23)14-8-7-13(19)9-16(14)20/h7-9H,5-6,10H2,1-4H3. The monoisotopic (exact) mass is 365 g/mol. The van der Waals surface area contributed by atoms with E-state index in [2.05, 4.69) is 18.7 Å². The highest BCUT2D eigenvalue weighted by atomic mass is 35.5. The van der Waals surface area contributed by atoms with E-state index in [0.717, 1.165) is 53.6 Å². The number of aromatic nitrogens is 2. The second-order valence-corrected chi connectivity index (χ2v) is 6.72. The van der Waals surface area contributed by atoms with Crippen LogP contribution in [0.2, 0.25) is 10.0 Å². The van der Waals surface area contributed by atoms with Gasteiger partial charge in [0, 0.05) is 17.1 Å². The predicted octanol–water partition coefficient (Wildman–Crippen LogP) is 5.36. The van der Waals surface area contributed by atoms with Crippen molar-refractivity contribution in [2.24, 2.45) is 0 Å². The van der Waals surface area contributed by atoms with E-state index in [9.17, 15) is 0 Å².